The van der Waals surface area contributed by atoms with E-state index in [0.29, 0.717) is 24.2 Å². The van der Waals surface area contributed by atoms with Crippen LogP contribution in [0.3, 0.4) is 0 Å². The lowest BCUT2D eigenvalue weighted by atomic mass is 9.94. The van der Waals surface area contributed by atoms with E-state index in [1.165, 1.54) is 6.07 Å². The topological polar surface area (TPSA) is 122 Å². The Kier molecular flexibility index (Phi) is 12.8. The summed E-state index contributed by atoms with van der Waals surface area (Å²) in [5.74, 6) is -1.81. The average Bonchev–Trinajstić information content (AvgIpc) is 3.01. The number of aliphatic hydroxyl groups is 1. The van der Waals surface area contributed by atoms with Crippen LogP contribution in [0.25, 0.3) is 0 Å². The van der Waals surface area contributed by atoms with Crippen LogP contribution in [0, 0.1) is 18.6 Å². The van der Waals surface area contributed by atoms with Crippen LogP contribution in [0.15, 0.2) is 54.6 Å². The number of nitrogens with one attached hydrogen (secondary N) is 2. The molecule has 0 aromatic heterocycles. The van der Waals surface area contributed by atoms with E-state index >= 15 is 0 Å². The van der Waals surface area contributed by atoms with Crippen molar-refractivity contribution in [2.75, 3.05) is 25.4 Å². The lowest BCUT2D eigenvalue weighted by Crippen LogP contribution is -2.49. The molecule has 0 bridgehead atoms. The molecule has 0 saturated carbocycles. The largest absolute Gasteiger partial charge is 0.390 e. The first-order chi connectivity index (χ1) is 22.7. The Balaban J connectivity index is 1.59. The molecule has 8 nitrogen and oxygen atoms in total. The molecule has 0 saturated heterocycles. The van der Waals surface area contributed by atoms with Gasteiger partial charge in [-0.25, -0.2) is 8.78 Å². The van der Waals surface area contributed by atoms with Gasteiger partial charge in [-0.15, -0.1) is 0 Å². The third kappa shape index (κ3) is 9.85. The highest BCUT2D eigenvalue weighted by Crippen LogP contribution is 2.51. The molecule has 0 spiro atoms. The van der Waals surface area contributed by atoms with Crippen molar-refractivity contribution in [3.05, 3.63) is 105 Å². The highest BCUT2D eigenvalue weighted by molar-refractivity contribution is 8.23. The number of amides is 2. The van der Waals surface area contributed by atoms with Crippen LogP contribution in [-0.2, 0) is 12.2 Å². The minimum absolute atomic E-state index is 0.0607. The van der Waals surface area contributed by atoms with Crippen molar-refractivity contribution in [1.29, 1.82) is 0 Å². The van der Waals surface area contributed by atoms with Crippen molar-refractivity contribution >= 4 is 22.4 Å². The molecule has 0 fully saturated rings. The van der Waals surface area contributed by atoms with E-state index < -0.39 is 46.3 Å². The maximum Gasteiger partial charge on any atom is 0.253 e. The Labute approximate surface area is 284 Å². The van der Waals surface area contributed by atoms with Gasteiger partial charge in [-0.1, -0.05) is 45.9 Å². The monoisotopic (exact) mass is 685 g/mol. The molecule has 4 rings (SSSR count). The van der Waals surface area contributed by atoms with Gasteiger partial charge in [0.2, 0.25) is 0 Å². The molecular weight excluding hydrogens is 636 g/mol. The Morgan fingerprint density at radius 1 is 0.958 bits per heavy atom. The average molecular weight is 686 g/mol. The normalized spacial score (nSPS) is 17.4. The number of rotatable bonds is 14. The number of hydrogen-bond donors (Lipinski definition) is 5. The highest BCUT2D eigenvalue weighted by Gasteiger charge is 2.32. The van der Waals surface area contributed by atoms with Crippen molar-refractivity contribution in [1.82, 2.24) is 15.5 Å². The molecule has 3 atom stereocenters. The van der Waals surface area contributed by atoms with Crippen molar-refractivity contribution in [2.45, 2.75) is 83.7 Å². The van der Waals surface area contributed by atoms with E-state index in [4.69, 9.17) is 0 Å². The Bertz CT molecular complexity index is 1570. The van der Waals surface area contributed by atoms with Gasteiger partial charge in [0.25, 0.3) is 11.8 Å². The number of aryl methyl sites for hydroxylation is 1. The van der Waals surface area contributed by atoms with Gasteiger partial charge in [-0.05, 0) is 90.3 Å². The molecule has 262 valence electrons. The molecule has 5 N–H and O–H groups in total. The second kappa shape index (κ2) is 16.4. The van der Waals surface area contributed by atoms with Gasteiger partial charge in [0.05, 0.1) is 29.7 Å². The number of aliphatic hydroxyl groups excluding tert-OH is 1. The first-order valence-corrected chi connectivity index (χ1v) is 18.5. The van der Waals surface area contributed by atoms with Crippen LogP contribution >= 0.6 is 10.6 Å². The zero-order valence-corrected chi connectivity index (χ0v) is 29.2. The van der Waals surface area contributed by atoms with Crippen LogP contribution in [-0.4, -0.2) is 68.5 Å². The molecule has 11 heteroatoms. The fraction of sp³-hybridized carbons (Fsp3) is 0.459. The predicted molar refractivity (Wildman–Crippen MR) is 188 cm³/mol. The molecule has 0 radical (unpaired) electrons. The standard InChI is InChI=1S/C37H49F2N3O5S/c1-6-10-42(11-7-2)37(45)29-13-24(5)12-28(17-29)36(44)41-33(16-25-14-30(38)19-31(39)15-25)35(43)20-40-34-22-48(46,47)21-27-9-8-26(23(3)4)18-32(27)34/h8-9,12-15,17-19,23,33-35,40,43,46-47H,6-7,10-11,16,20-22H2,1-5H3,(H,41,44)/t33-,34?,35+/m0/s1. The number of carbonyl (C=O) groups is 2. The minimum atomic E-state index is -2.92. The van der Waals surface area contributed by atoms with Crippen molar-refractivity contribution in [3.63, 3.8) is 0 Å². The quantitative estimate of drug-likeness (QED) is 0.125. The summed E-state index contributed by atoms with van der Waals surface area (Å²) in [6.45, 7) is 11.1. The van der Waals surface area contributed by atoms with Gasteiger partial charge < -0.3 is 20.6 Å². The van der Waals surface area contributed by atoms with Crippen LogP contribution in [0.1, 0.15) is 101 Å². The van der Waals surface area contributed by atoms with Gasteiger partial charge in [-0.3, -0.25) is 18.7 Å². The number of carbonyl (C=O) groups excluding carboxylic acids is 2. The fourth-order valence-electron chi connectivity index (χ4n) is 6.26. The molecule has 3 aromatic carbocycles. The SMILES string of the molecule is CCCN(CCC)C(=O)c1cc(C)cc(C(=O)N[C@@H](Cc2cc(F)cc(F)c2)[C@H](O)CNC2CS(O)(O)Cc3ccc(C(C)C)cc32)c1. The Hall–Kier alpha value is -3.35. The van der Waals surface area contributed by atoms with E-state index in [-0.39, 0.29) is 47.4 Å². The highest BCUT2D eigenvalue weighted by atomic mass is 32.3. The molecule has 1 aliphatic rings. The molecule has 1 unspecified atom stereocenters. The maximum atomic E-state index is 14.2. The van der Waals surface area contributed by atoms with Crippen molar-refractivity contribution in [2.24, 2.45) is 0 Å². The summed E-state index contributed by atoms with van der Waals surface area (Å²) in [5, 5.41) is 17.6. The predicted octanol–water partition coefficient (Wildman–Crippen LogP) is 6.96. The summed E-state index contributed by atoms with van der Waals surface area (Å²) >= 11 is 0. The smallest absolute Gasteiger partial charge is 0.253 e. The molecule has 2 amide bonds. The minimum Gasteiger partial charge on any atom is -0.390 e. The maximum absolute atomic E-state index is 14.2. The van der Waals surface area contributed by atoms with Gasteiger partial charge in [-0.2, -0.15) is 10.6 Å². The Morgan fingerprint density at radius 3 is 2.23 bits per heavy atom. The zero-order chi connectivity index (χ0) is 35.2. The van der Waals surface area contributed by atoms with E-state index in [1.54, 1.807) is 24.0 Å². The number of hydrogen-bond acceptors (Lipinski definition) is 6. The summed E-state index contributed by atoms with van der Waals surface area (Å²) in [6, 6.07) is 12.5. The van der Waals surface area contributed by atoms with Gasteiger partial charge >= 0.3 is 0 Å². The van der Waals surface area contributed by atoms with Crippen LogP contribution < -0.4 is 10.6 Å². The first kappa shape index (κ1) is 37.5. The van der Waals surface area contributed by atoms with E-state index in [1.807, 2.05) is 32.0 Å². The van der Waals surface area contributed by atoms with Crippen LogP contribution in [0.4, 0.5) is 8.78 Å². The molecule has 0 aliphatic carbocycles. The van der Waals surface area contributed by atoms with Crippen molar-refractivity contribution < 1.29 is 32.6 Å². The summed E-state index contributed by atoms with van der Waals surface area (Å²) in [6.07, 6.45) is 0.263. The number of nitrogens with zero attached hydrogens (tertiary/aromatic N) is 1. The summed E-state index contributed by atoms with van der Waals surface area (Å²) in [4.78, 5) is 28.8. The molecular formula is C37H49F2N3O5S. The number of benzene rings is 3. The zero-order valence-electron chi connectivity index (χ0n) is 28.4. The Morgan fingerprint density at radius 2 is 1.60 bits per heavy atom. The van der Waals surface area contributed by atoms with E-state index in [2.05, 4.69) is 24.5 Å². The molecule has 1 aliphatic heterocycles. The third-order valence-electron chi connectivity index (χ3n) is 8.63. The molecule has 3 aromatic rings. The van der Waals surface area contributed by atoms with Gasteiger partial charge in [0.15, 0.2) is 0 Å². The number of halogens is 2. The summed E-state index contributed by atoms with van der Waals surface area (Å²) in [5.41, 5.74) is 4.39. The third-order valence-corrected chi connectivity index (χ3v) is 10.3. The van der Waals surface area contributed by atoms with Crippen LogP contribution in [0.5, 0.6) is 0 Å². The molecule has 1 heterocycles. The lowest BCUT2D eigenvalue weighted by Gasteiger charge is -2.42. The second-order valence-corrected chi connectivity index (χ2v) is 15.4. The fourth-order valence-corrected chi connectivity index (χ4v) is 7.97. The van der Waals surface area contributed by atoms with E-state index in [9.17, 15) is 32.6 Å². The molecule has 48 heavy (non-hydrogen) atoms. The van der Waals surface area contributed by atoms with Crippen LogP contribution in [0.2, 0.25) is 0 Å². The van der Waals surface area contributed by atoms with Gasteiger partial charge in [0, 0.05) is 36.8 Å². The summed E-state index contributed by atoms with van der Waals surface area (Å²) in [7, 11) is -2.92. The second-order valence-electron chi connectivity index (χ2n) is 13.2. The number of fused-ring (bicyclic) bond motifs is 1. The van der Waals surface area contributed by atoms with Gasteiger partial charge in [0.1, 0.15) is 11.6 Å². The van der Waals surface area contributed by atoms with Crippen molar-refractivity contribution in [3.8, 4) is 0 Å². The first-order valence-electron chi connectivity index (χ1n) is 16.6. The summed E-state index contributed by atoms with van der Waals surface area (Å²) < 4.78 is 49.7. The lowest BCUT2D eigenvalue weighted by molar-refractivity contribution is 0.0755. The van der Waals surface area contributed by atoms with E-state index in [0.717, 1.165) is 47.7 Å².